The maximum atomic E-state index is 10.1. The average Bonchev–Trinajstić information content (AvgIpc) is 2.87. The molecule has 0 aromatic carbocycles. The second-order valence-electron chi connectivity index (χ2n) is 3.51. The monoisotopic (exact) mass is 329 g/mol. The van der Waals surface area contributed by atoms with Crippen LogP contribution in [0, 0.1) is 0 Å². The van der Waals surface area contributed by atoms with Crippen LogP contribution in [0.5, 0.6) is 0 Å². The second kappa shape index (κ2) is 6.69. The Bertz CT molecular complexity index is 671. The van der Waals surface area contributed by atoms with Crippen LogP contribution in [0.3, 0.4) is 0 Å². The Labute approximate surface area is 128 Å². The van der Waals surface area contributed by atoms with Gasteiger partial charge in [0.2, 0.25) is 10.6 Å². The van der Waals surface area contributed by atoms with Gasteiger partial charge in [0.1, 0.15) is 5.15 Å². The minimum absolute atomic E-state index is 0.0376. The third kappa shape index (κ3) is 3.69. The molecule has 3 rings (SSSR count). The van der Waals surface area contributed by atoms with Crippen LogP contribution >= 0.6 is 34.8 Å². The molecule has 0 saturated heterocycles. The predicted octanol–water partition coefficient (Wildman–Crippen LogP) is 2.66. The number of hydrogen-bond acceptors (Lipinski definition) is 6. The number of hydrogen-bond donors (Lipinski definition) is 0. The third-order valence-electron chi connectivity index (χ3n) is 2.21. The Kier molecular flexibility index (Phi) is 4.94. The maximum Gasteiger partial charge on any atom is 0.223 e. The van der Waals surface area contributed by atoms with E-state index in [4.69, 9.17) is 34.8 Å². The topological polar surface area (TPSA) is 81.0 Å². The molecule has 0 spiro atoms. The van der Waals surface area contributed by atoms with Gasteiger partial charge in [-0.25, -0.2) is 19.9 Å². The van der Waals surface area contributed by atoms with Crippen molar-refractivity contribution in [2.24, 2.45) is 4.99 Å². The van der Waals surface area contributed by atoms with Gasteiger partial charge in [0, 0.05) is 24.2 Å². The highest BCUT2D eigenvalue weighted by molar-refractivity contribution is 6.33. The predicted molar refractivity (Wildman–Crippen MR) is 75.8 cm³/mol. The summed E-state index contributed by atoms with van der Waals surface area (Å²) in [7, 11) is 0. The lowest BCUT2D eigenvalue weighted by Gasteiger charge is -1.93. The molecule has 0 atom stereocenters. The van der Waals surface area contributed by atoms with E-state index in [1.54, 1.807) is 12.4 Å². The maximum absolute atomic E-state index is 10.1. The average molecular weight is 331 g/mol. The molecule has 6 nitrogen and oxygen atoms in total. The summed E-state index contributed by atoms with van der Waals surface area (Å²) in [5.74, 6) is 0. The fourth-order valence-electron chi connectivity index (χ4n) is 1.30. The van der Waals surface area contributed by atoms with E-state index >= 15 is 0 Å². The second-order valence-corrected chi connectivity index (χ2v) is 4.55. The first-order chi connectivity index (χ1) is 9.60. The molecule has 0 bridgehead atoms. The van der Waals surface area contributed by atoms with Gasteiger partial charge in [0.05, 0.1) is 17.8 Å². The molecule has 102 valence electrons. The van der Waals surface area contributed by atoms with Crippen molar-refractivity contribution in [1.82, 2.24) is 19.9 Å². The quantitative estimate of drug-likeness (QED) is 0.456. The fourth-order valence-corrected chi connectivity index (χ4v) is 1.80. The Morgan fingerprint density at radius 2 is 1.75 bits per heavy atom. The van der Waals surface area contributed by atoms with Crippen molar-refractivity contribution >= 4 is 47.3 Å². The van der Waals surface area contributed by atoms with E-state index in [-0.39, 0.29) is 16.0 Å². The summed E-state index contributed by atoms with van der Waals surface area (Å²) in [5.41, 5.74) is 2.13. The lowest BCUT2D eigenvalue weighted by molar-refractivity contribution is 0.112. The zero-order valence-corrected chi connectivity index (χ0v) is 12.1. The molecule has 0 saturated carbocycles. The summed E-state index contributed by atoms with van der Waals surface area (Å²) in [4.78, 5) is 29.0. The van der Waals surface area contributed by atoms with Crippen LogP contribution in [-0.2, 0) is 6.54 Å². The van der Waals surface area contributed by atoms with E-state index in [1.165, 1.54) is 6.20 Å². The molecule has 2 aromatic heterocycles. The number of fused-ring (bicyclic) bond motifs is 1. The van der Waals surface area contributed by atoms with Gasteiger partial charge in [-0.15, -0.1) is 0 Å². The highest BCUT2D eigenvalue weighted by atomic mass is 35.5. The smallest absolute Gasteiger partial charge is 0.223 e. The zero-order chi connectivity index (χ0) is 14.5. The standard InChI is InChI=1S/C6H4ClN3.C5H2Cl2N2O/c7-6-9-2-4-1-8-3-5(4)10-6;6-4-3(2-10)1-8-5(7)9-4/h1-2H,3H2;1-2H. The third-order valence-corrected chi connectivity index (χ3v) is 2.87. The van der Waals surface area contributed by atoms with Crippen molar-refractivity contribution in [2.75, 3.05) is 0 Å². The molecule has 9 heteroatoms. The highest BCUT2D eigenvalue weighted by Gasteiger charge is 2.07. The van der Waals surface area contributed by atoms with Crippen LogP contribution in [-0.4, -0.2) is 32.4 Å². The van der Waals surface area contributed by atoms with E-state index < -0.39 is 0 Å². The molecule has 0 fully saturated rings. The molecule has 0 amide bonds. The SMILES string of the molecule is Clc1ncc2c(n1)CN=C2.O=Cc1cnc(Cl)nc1Cl. The summed E-state index contributed by atoms with van der Waals surface area (Å²) < 4.78 is 0. The largest absolute Gasteiger partial charge is 0.298 e. The molecule has 2 aromatic rings. The van der Waals surface area contributed by atoms with Crippen molar-refractivity contribution in [2.45, 2.75) is 6.54 Å². The Morgan fingerprint density at radius 1 is 1.05 bits per heavy atom. The number of aldehydes is 1. The first-order valence-electron chi connectivity index (χ1n) is 5.24. The van der Waals surface area contributed by atoms with E-state index in [2.05, 4.69) is 24.9 Å². The molecule has 0 aliphatic carbocycles. The van der Waals surface area contributed by atoms with Gasteiger partial charge >= 0.3 is 0 Å². The Balaban J connectivity index is 0.000000147. The van der Waals surface area contributed by atoms with Crippen LogP contribution in [0.15, 0.2) is 17.4 Å². The number of nitrogens with zero attached hydrogens (tertiary/aromatic N) is 5. The van der Waals surface area contributed by atoms with Crippen LogP contribution in [0.1, 0.15) is 21.6 Å². The van der Waals surface area contributed by atoms with Gasteiger partial charge in [0.15, 0.2) is 6.29 Å². The number of aliphatic imine (C=N–C) groups is 1. The summed E-state index contributed by atoms with van der Waals surface area (Å²) in [5, 5.41) is 0.412. The van der Waals surface area contributed by atoms with Crippen molar-refractivity contribution in [3.05, 3.63) is 44.9 Å². The fraction of sp³-hybridized carbons (Fsp3) is 0.0909. The molecular formula is C11H6Cl3N5O. The van der Waals surface area contributed by atoms with Crippen molar-refractivity contribution in [3.8, 4) is 0 Å². The molecule has 0 unspecified atom stereocenters. The molecule has 3 heterocycles. The van der Waals surface area contributed by atoms with Crippen molar-refractivity contribution in [1.29, 1.82) is 0 Å². The number of carbonyl (C=O) groups is 1. The summed E-state index contributed by atoms with van der Waals surface area (Å²) in [6.07, 6.45) is 5.27. The number of aromatic nitrogens is 4. The minimum Gasteiger partial charge on any atom is -0.298 e. The Morgan fingerprint density at radius 3 is 2.45 bits per heavy atom. The summed E-state index contributed by atoms with van der Waals surface area (Å²) >= 11 is 16.4. The van der Waals surface area contributed by atoms with E-state index in [0.29, 0.717) is 18.1 Å². The van der Waals surface area contributed by atoms with Crippen molar-refractivity contribution in [3.63, 3.8) is 0 Å². The van der Waals surface area contributed by atoms with Crippen molar-refractivity contribution < 1.29 is 4.79 Å². The van der Waals surface area contributed by atoms with Crippen LogP contribution in [0.25, 0.3) is 0 Å². The van der Waals surface area contributed by atoms with E-state index in [9.17, 15) is 4.79 Å². The van der Waals surface area contributed by atoms with Gasteiger partial charge in [-0.05, 0) is 23.2 Å². The molecule has 0 N–H and O–H groups in total. The number of halogens is 3. The van der Waals surface area contributed by atoms with Gasteiger partial charge in [0.25, 0.3) is 0 Å². The molecule has 1 aliphatic heterocycles. The number of carbonyl (C=O) groups excluding carboxylic acids is 1. The van der Waals surface area contributed by atoms with Gasteiger partial charge in [-0.1, -0.05) is 11.6 Å². The number of rotatable bonds is 1. The first-order valence-corrected chi connectivity index (χ1v) is 6.38. The molecule has 20 heavy (non-hydrogen) atoms. The van der Waals surface area contributed by atoms with E-state index in [0.717, 1.165) is 11.3 Å². The van der Waals surface area contributed by atoms with Gasteiger partial charge < -0.3 is 0 Å². The van der Waals surface area contributed by atoms with Gasteiger partial charge in [-0.3, -0.25) is 9.79 Å². The van der Waals surface area contributed by atoms with Crippen LogP contribution < -0.4 is 0 Å². The lowest BCUT2D eigenvalue weighted by atomic mass is 10.3. The van der Waals surface area contributed by atoms with Crippen LogP contribution in [0.2, 0.25) is 15.7 Å². The molecule has 1 aliphatic rings. The summed E-state index contributed by atoms with van der Waals surface area (Å²) in [6, 6.07) is 0. The Hall–Kier alpha value is -1.63. The first kappa shape index (κ1) is 14.8. The summed E-state index contributed by atoms with van der Waals surface area (Å²) in [6.45, 7) is 0.636. The molecular weight excluding hydrogens is 325 g/mol. The van der Waals surface area contributed by atoms with Crippen LogP contribution in [0.4, 0.5) is 0 Å². The highest BCUT2D eigenvalue weighted by Crippen LogP contribution is 2.12. The normalized spacial score (nSPS) is 11.6. The van der Waals surface area contributed by atoms with E-state index in [1.807, 2.05) is 0 Å². The van der Waals surface area contributed by atoms with Gasteiger partial charge in [-0.2, -0.15) is 0 Å². The molecule has 0 radical (unpaired) electrons. The minimum atomic E-state index is 0.0376. The lowest BCUT2D eigenvalue weighted by Crippen LogP contribution is -1.91. The zero-order valence-electron chi connectivity index (χ0n) is 9.79.